The summed E-state index contributed by atoms with van der Waals surface area (Å²) in [6.45, 7) is 1.69. The van der Waals surface area contributed by atoms with Gasteiger partial charge in [0.2, 0.25) is 0 Å². The van der Waals surface area contributed by atoms with Crippen molar-refractivity contribution < 1.29 is 0 Å². The van der Waals surface area contributed by atoms with Gasteiger partial charge in [0, 0.05) is 19.2 Å². The molecule has 0 radical (unpaired) electrons. The van der Waals surface area contributed by atoms with Crippen LogP contribution in [-0.2, 0) is 6.54 Å². The van der Waals surface area contributed by atoms with E-state index in [1.54, 1.807) is 6.20 Å². The summed E-state index contributed by atoms with van der Waals surface area (Å²) in [7, 11) is 0. The number of terminal acetylenes is 1. The van der Waals surface area contributed by atoms with Crippen LogP contribution in [-0.4, -0.2) is 16.7 Å². The van der Waals surface area contributed by atoms with E-state index in [1.807, 2.05) is 12.1 Å². The molecule has 0 fully saturated rings. The number of hydrogen-bond acceptors (Lipinski definition) is 3. The SMILES string of the molecule is C#CCCCNCc1cccnn1. The van der Waals surface area contributed by atoms with Crippen molar-refractivity contribution in [3.63, 3.8) is 0 Å². The van der Waals surface area contributed by atoms with E-state index in [9.17, 15) is 0 Å². The quantitative estimate of drug-likeness (QED) is 0.535. The van der Waals surface area contributed by atoms with Gasteiger partial charge in [-0.1, -0.05) is 0 Å². The number of nitrogens with one attached hydrogen (secondary N) is 1. The van der Waals surface area contributed by atoms with Crippen LogP contribution in [0.5, 0.6) is 0 Å². The molecule has 1 N–H and O–H groups in total. The van der Waals surface area contributed by atoms with Gasteiger partial charge < -0.3 is 5.32 Å². The van der Waals surface area contributed by atoms with E-state index in [0.29, 0.717) is 0 Å². The minimum atomic E-state index is 0.762. The Morgan fingerprint density at radius 1 is 1.54 bits per heavy atom. The predicted molar refractivity (Wildman–Crippen MR) is 51.8 cm³/mol. The molecule has 0 aliphatic carbocycles. The lowest BCUT2D eigenvalue weighted by Gasteiger charge is -2.00. The molecule has 0 aromatic carbocycles. The van der Waals surface area contributed by atoms with Crippen LogP contribution in [0.4, 0.5) is 0 Å². The van der Waals surface area contributed by atoms with Gasteiger partial charge in [0.15, 0.2) is 0 Å². The Hall–Kier alpha value is -1.40. The van der Waals surface area contributed by atoms with E-state index in [4.69, 9.17) is 6.42 Å². The van der Waals surface area contributed by atoms with Crippen molar-refractivity contribution in [2.45, 2.75) is 19.4 Å². The zero-order valence-corrected chi connectivity index (χ0v) is 7.53. The van der Waals surface area contributed by atoms with Gasteiger partial charge in [-0.2, -0.15) is 10.2 Å². The molecule has 13 heavy (non-hydrogen) atoms. The van der Waals surface area contributed by atoms with Crippen LogP contribution < -0.4 is 5.32 Å². The highest BCUT2D eigenvalue weighted by molar-refractivity contribution is 4.98. The maximum absolute atomic E-state index is 5.12. The fourth-order valence-corrected chi connectivity index (χ4v) is 0.960. The van der Waals surface area contributed by atoms with Gasteiger partial charge in [0.1, 0.15) is 0 Å². The normalized spacial score (nSPS) is 9.46. The smallest absolute Gasteiger partial charge is 0.0768 e. The summed E-state index contributed by atoms with van der Waals surface area (Å²) in [5.41, 5.74) is 0.961. The lowest BCUT2D eigenvalue weighted by Crippen LogP contribution is -2.15. The number of hydrogen-bond donors (Lipinski definition) is 1. The Morgan fingerprint density at radius 2 is 2.46 bits per heavy atom. The number of nitrogens with zero attached hydrogens (tertiary/aromatic N) is 2. The van der Waals surface area contributed by atoms with Crippen molar-refractivity contribution in [1.29, 1.82) is 0 Å². The lowest BCUT2D eigenvalue weighted by molar-refractivity contribution is 0.643. The van der Waals surface area contributed by atoms with Crippen LogP contribution >= 0.6 is 0 Å². The van der Waals surface area contributed by atoms with E-state index in [0.717, 1.165) is 31.6 Å². The number of rotatable bonds is 5. The molecule has 0 unspecified atom stereocenters. The fraction of sp³-hybridized carbons (Fsp3) is 0.400. The highest BCUT2D eigenvalue weighted by Crippen LogP contribution is 1.90. The van der Waals surface area contributed by atoms with E-state index >= 15 is 0 Å². The first-order chi connectivity index (χ1) is 6.43. The second-order valence-electron chi connectivity index (χ2n) is 2.70. The first-order valence-electron chi connectivity index (χ1n) is 4.34. The Labute approximate surface area is 78.6 Å². The van der Waals surface area contributed by atoms with Crippen LogP contribution in [0.1, 0.15) is 18.5 Å². The van der Waals surface area contributed by atoms with E-state index in [2.05, 4.69) is 21.4 Å². The Morgan fingerprint density at radius 3 is 3.15 bits per heavy atom. The topological polar surface area (TPSA) is 37.8 Å². The highest BCUT2D eigenvalue weighted by Gasteiger charge is 1.91. The molecule has 0 saturated carbocycles. The van der Waals surface area contributed by atoms with Crippen LogP contribution in [0.25, 0.3) is 0 Å². The average molecular weight is 175 g/mol. The number of aromatic nitrogens is 2. The molecule has 0 atom stereocenters. The van der Waals surface area contributed by atoms with Crippen molar-refractivity contribution >= 4 is 0 Å². The minimum Gasteiger partial charge on any atom is -0.311 e. The Bertz CT molecular complexity index is 263. The molecule has 3 heteroatoms. The Balaban J connectivity index is 2.11. The van der Waals surface area contributed by atoms with Crippen molar-refractivity contribution in [1.82, 2.24) is 15.5 Å². The summed E-state index contributed by atoms with van der Waals surface area (Å²) < 4.78 is 0. The second kappa shape index (κ2) is 6.15. The molecule has 1 aromatic heterocycles. The third kappa shape index (κ3) is 4.24. The van der Waals surface area contributed by atoms with Crippen LogP contribution in [0.2, 0.25) is 0 Å². The van der Waals surface area contributed by atoms with Gasteiger partial charge >= 0.3 is 0 Å². The second-order valence-corrected chi connectivity index (χ2v) is 2.70. The zero-order chi connectivity index (χ0) is 9.36. The molecule has 68 valence electrons. The third-order valence-electron chi connectivity index (χ3n) is 1.61. The largest absolute Gasteiger partial charge is 0.311 e. The van der Waals surface area contributed by atoms with Crippen molar-refractivity contribution in [3.05, 3.63) is 24.0 Å². The molecule has 1 heterocycles. The van der Waals surface area contributed by atoms with Gasteiger partial charge in [-0.25, -0.2) is 0 Å². The maximum atomic E-state index is 5.12. The average Bonchev–Trinajstić information content (AvgIpc) is 2.19. The summed E-state index contributed by atoms with van der Waals surface area (Å²) in [6, 6.07) is 3.83. The third-order valence-corrected chi connectivity index (χ3v) is 1.61. The van der Waals surface area contributed by atoms with Gasteiger partial charge in [0.05, 0.1) is 5.69 Å². The summed E-state index contributed by atoms with van der Waals surface area (Å²) in [4.78, 5) is 0. The summed E-state index contributed by atoms with van der Waals surface area (Å²) in [5, 5.41) is 11.0. The highest BCUT2D eigenvalue weighted by atomic mass is 15.1. The first-order valence-corrected chi connectivity index (χ1v) is 4.34. The first kappa shape index (κ1) is 9.69. The molecular formula is C10H13N3. The molecule has 0 aliphatic rings. The summed E-state index contributed by atoms with van der Waals surface area (Å²) in [5.74, 6) is 2.60. The Kier molecular flexibility index (Phi) is 4.58. The van der Waals surface area contributed by atoms with Crippen molar-refractivity contribution in [2.75, 3.05) is 6.54 Å². The predicted octanol–water partition coefficient (Wildman–Crippen LogP) is 0.980. The van der Waals surface area contributed by atoms with Gasteiger partial charge in [-0.3, -0.25) is 0 Å². The van der Waals surface area contributed by atoms with Crippen LogP contribution in [0.15, 0.2) is 18.3 Å². The zero-order valence-electron chi connectivity index (χ0n) is 7.53. The fourth-order valence-electron chi connectivity index (χ4n) is 0.960. The van der Waals surface area contributed by atoms with E-state index < -0.39 is 0 Å². The number of unbranched alkanes of at least 4 members (excludes halogenated alkanes) is 1. The molecule has 0 spiro atoms. The molecule has 0 aliphatic heterocycles. The van der Waals surface area contributed by atoms with Gasteiger partial charge in [0.25, 0.3) is 0 Å². The molecule has 0 saturated heterocycles. The molecule has 0 bridgehead atoms. The summed E-state index contributed by atoms with van der Waals surface area (Å²) >= 11 is 0. The van der Waals surface area contributed by atoms with E-state index in [1.165, 1.54) is 0 Å². The minimum absolute atomic E-state index is 0.762. The van der Waals surface area contributed by atoms with Crippen molar-refractivity contribution in [3.8, 4) is 12.3 Å². The monoisotopic (exact) mass is 175 g/mol. The molecule has 0 amide bonds. The molecule has 1 aromatic rings. The molecule has 1 rings (SSSR count). The maximum Gasteiger partial charge on any atom is 0.0768 e. The van der Waals surface area contributed by atoms with Gasteiger partial charge in [-0.15, -0.1) is 12.3 Å². The lowest BCUT2D eigenvalue weighted by atomic mass is 10.3. The summed E-state index contributed by atoms with van der Waals surface area (Å²) in [6.07, 6.45) is 8.63. The van der Waals surface area contributed by atoms with E-state index in [-0.39, 0.29) is 0 Å². The molecular weight excluding hydrogens is 162 g/mol. The van der Waals surface area contributed by atoms with Crippen LogP contribution in [0.3, 0.4) is 0 Å². The van der Waals surface area contributed by atoms with Crippen molar-refractivity contribution in [2.24, 2.45) is 0 Å². The van der Waals surface area contributed by atoms with Gasteiger partial charge in [-0.05, 0) is 25.1 Å². The van der Waals surface area contributed by atoms with Crippen LogP contribution in [0, 0.1) is 12.3 Å². The molecule has 3 nitrogen and oxygen atoms in total. The standard InChI is InChI=1S/C10H13N3/c1-2-3-4-7-11-9-10-6-5-8-12-13-10/h1,5-6,8,11H,3-4,7,9H2.